The molecule has 96 valence electrons. The van der Waals surface area contributed by atoms with Gasteiger partial charge in [0.15, 0.2) is 0 Å². The Morgan fingerprint density at radius 3 is 2.47 bits per heavy atom. The zero-order chi connectivity index (χ0) is 13.5. The number of hydrogen-bond donors (Lipinski definition) is 2. The molecule has 1 amide bonds. The van der Waals surface area contributed by atoms with Crippen LogP contribution in [0.15, 0.2) is 11.8 Å². The van der Waals surface area contributed by atoms with E-state index in [0.717, 1.165) is 0 Å². The van der Waals surface area contributed by atoms with Gasteiger partial charge in [0.1, 0.15) is 11.6 Å². The van der Waals surface area contributed by atoms with Gasteiger partial charge < -0.3 is 15.3 Å². The molecular formula is C12H21N3O2. The molecule has 0 radical (unpaired) electrons. The molecule has 0 bridgehead atoms. The van der Waals surface area contributed by atoms with Crippen molar-refractivity contribution in [1.29, 1.82) is 5.26 Å². The Kier molecular flexibility index (Phi) is 6.29. The van der Waals surface area contributed by atoms with E-state index >= 15 is 0 Å². The topological polar surface area (TPSA) is 76.4 Å². The van der Waals surface area contributed by atoms with Crippen molar-refractivity contribution in [2.24, 2.45) is 0 Å². The normalized spacial score (nSPS) is 11.9. The van der Waals surface area contributed by atoms with Gasteiger partial charge in [-0.25, -0.2) is 0 Å². The highest BCUT2D eigenvalue weighted by Gasteiger charge is 2.17. The number of nitriles is 1. The average molecular weight is 239 g/mol. The number of carbonyl (C=O) groups is 1. The lowest BCUT2D eigenvalue weighted by molar-refractivity contribution is -0.118. The van der Waals surface area contributed by atoms with Gasteiger partial charge in [0, 0.05) is 24.8 Å². The van der Waals surface area contributed by atoms with Gasteiger partial charge in [0.25, 0.3) is 5.91 Å². The molecule has 0 unspecified atom stereocenters. The Balaban J connectivity index is 4.77. The van der Waals surface area contributed by atoms with Crippen LogP contribution in [0.1, 0.15) is 27.7 Å². The number of amides is 1. The summed E-state index contributed by atoms with van der Waals surface area (Å²) < 4.78 is 0. The van der Waals surface area contributed by atoms with E-state index in [2.05, 4.69) is 5.32 Å². The van der Waals surface area contributed by atoms with Crippen molar-refractivity contribution in [3.8, 4) is 6.07 Å². The van der Waals surface area contributed by atoms with Crippen molar-refractivity contribution < 1.29 is 9.90 Å². The number of nitrogens with one attached hydrogen (secondary N) is 1. The number of aliphatic hydroxyl groups excluding tert-OH is 1. The number of aliphatic hydroxyl groups is 1. The summed E-state index contributed by atoms with van der Waals surface area (Å²) in [4.78, 5) is 13.5. The molecular weight excluding hydrogens is 218 g/mol. The molecule has 0 saturated carbocycles. The van der Waals surface area contributed by atoms with Crippen LogP contribution in [-0.4, -0.2) is 41.1 Å². The lowest BCUT2D eigenvalue weighted by Crippen LogP contribution is -2.41. The second kappa shape index (κ2) is 6.92. The molecule has 0 aromatic carbocycles. The Hall–Kier alpha value is -1.54. The van der Waals surface area contributed by atoms with E-state index in [4.69, 9.17) is 10.4 Å². The maximum Gasteiger partial charge on any atom is 0.263 e. The summed E-state index contributed by atoms with van der Waals surface area (Å²) in [5, 5.41) is 20.5. The molecule has 0 saturated heterocycles. The Bertz CT molecular complexity index is 324. The number of nitrogens with zero attached hydrogens (tertiary/aromatic N) is 2. The van der Waals surface area contributed by atoms with Gasteiger partial charge in [0.05, 0.1) is 6.61 Å². The highest BCUT2D eigenvalue weighted by atomic mass is 16.3. The molecule has 0 aliphatic rings. The first-order valence-electron chi connectivity index (χ1n) is 5.63. The van der Waals surface area contributed by atoms with Crippen molar-refractivity contribution in [2.75, 3.05) is 19.7 Å². The lowest BCUT2D eigenvalue weighted by Gasteiger charge is -2.21. The molecule has 5 nitrogen and oxygen atoms in total. The Morgan fingerprint density at radius 1 is 1.53 bits per heavy atom. The van der Waals surface area contributed by atoms with Gasteiger partial charge in [-0.2, -0.15) is 5.26 Å². The van der Waals surface area contributed by atoms with Crippen LogP contribution in [0.25, 0.3) is 0 Å². The van der Waals surface area contributed by atoms with E-state index < -0.39 is 5.91 Å². The van der Waals surface area contributed by atoms with E-state index in [1.807, 2.05) is 33.8 Å². The van der Waals surface area contributed by atoms with Crippen LogP contribution in [-0.2, 0) is 4.79 Å². The van der Waals surface area contributed by atoms with Crippen molar-refractivity contribution >= 4 is 5.91 Å². The Labute approximate surface area is 103 Å². The number of carbonyl (C=O) groups excluding carboxylic acids is 1. The molecule has 0 fully saturated rings. The molecule has 0 heterocycles. The fraction of sp³-hybridized carbons (Fsp3) is 0.667. The average Bonchev–Trinajstić information content (AvgIpc) is 2.21. The minimum Gasteiger partial charge on any atom is -0.395 e. The van der Waals surface area contributed by atoms with Crippen LogP contribution >= 0.6 is 0 Å². The van der Waals surface area contributed by atoms with Gasteiger partial charge in [-0.15, -0.1) is 0 Å². The van der Waals surface area contributed by atoms with Gasteiger partial charge in [0.2, 0.25) is 0 Å². The second-order valence-corrected chi connectivity index (χ2v) is 4.71. The second-order valence-electron chi connectivity index (χ2n) is 4.71. The fourth-order valence-corrected chi connectivity index (χ4v) is 1.17. The molecule has 2 N–H and O–H groups in total. The summed E-state index contributed by atoms with van der Waals surface area (Å²) in [6.07, 6.45) is 1.48. The SMILES string of the molecule is CCN(/C=C(/C#N)C(=O)NC(C)(C)C)CCO. The molecule has 0 aromatic rings. The summed E-state index contributed by atoms with van der Waals surface area (Å²) in [5.74, 6) is -0.392. The minimum atomic E-state index is -0.392. The molecule has 17 heavy (non-hydrogen) atoms. The van der Waals surface area contributed by atoms with Crippen LogP contribution in [0.3, 0.4) is 0 Å². The first-order chi connectivity index (χ1) is 7.84. The molecule has 0 spiro atoms. The van der Waals surface area contributed by atoms with Crippen molar-refractivity contribution in [3.63, 3.8) is 0 Å². The summed E-state index contributed by atoms with van der Waals surface area (Å²) in [7, 11) is 0. The van der Waals surface area contributed by atoms with Crippen molar-refractivity contribution in [2.45, 2.75) is 33.2 Å². The van der Waals surface area contributed by atoms with Crippen LogP contribution in [0.5, 0.6) is 0 Å². The fourth-order valence-electron chi connectivity index (χ4n) is 1.17. The summed E-state index contributed by atoms with van der Waals surface area (Å²) in [6.45, 7) is 8.48. The van der Waals surface area contributed by atoms with Crippen LogP contribution in [0, 0.1) is 11.3 Å². The maximum absolute atomic E-state index is 11.8. The standard InChI is InChI=1S/C12H21N3O2/c1-5-15(6-7-16)9-10(8-13)11(17)14-12(2,3)4/h9,16H,5-7H2,1-4H3,(H,14,17)/b10-9-. The van der Waals surface area contributed by atoms with Gasteiger partial charge in [-0.1, -0.05) is 0 Å². The Morgan fingerprint density at radius 2 is 2.12 bits per heavy atom. The molecule has 5 heteroatoms. The van der Waals surface area contributed by atoms with Crippen LogP contribution in [0.2, 0.25) is 0 Å². The molecule has 0 rings (SSSR count). The summed E-state index contributed by atoms with van der Waals surface area (Å²) in [5.41, 5.74) is -0.323. The van der Waals surface area contributed by atoms with E-state index in [1.54, 1.807) is 4.90 Å². The van der Waals surface area contributed by atoms with Crippen molar-refractivity contribution in [3.05, 3.63) is 11.8 Å². The van der Waals surface area contributed by atoms with E-state index in [-0.39, 0.29) is 17.7 Å². The third kappa shape index (κ3) is 6.59. The predicted octanol–water partition coefficient (Wildman–Crippen LogP) is 0.623. The van der Waals surface area contributed by atoms with E-state index in [0.29, 0.717) is 13.1 Å². The molecule has 0 aliphatic heterocycles. The molecule has 0 atom stereocenters. The quantitative estimate of drug-likeness (QED) is 0.545. The maximum atomic E-state index is 11.8. The van der Waals surface area contributed by atoms with Gasteiger partial charge in [-0.05, 0) is 27.7 Å². The number of hydrogen-bond acceptors (Lipinski definition) is 4. The van der Waals surface area contributed by atoms with E-state index in [9.17, 15) is 4.79 Å². The monoisotopic (exact) mass is 239 g/mol. The zero-order valence-electron chi connectivity index (χ0n) is 10.9. The first kappa shape index (κ1) is 15.5. The highest BCUT2D eigenvalue weighted by Crippen LogP contribution is 2.03. The van der Waals surface area contributed by atoms with Crippen LogP contribution in [0.4, 0.5) is 0 Å². The smallest absolute Gasteiger partial charge is 0.263 e. The predicted molar refractivity (Wildman–Crippen MR) is 65.9 cm³/mol. The minimum absolute atomic E-state index is 0.00998. The zero-order valence-corrected chi connectivity index (χ0v) is 10.9. The number of likely N-dealkylation sites (N-methyl/N-ethyl adjacent to an activating group) is 1. The third-order valence-electron chi connectivity index (χ3n) is 1.96. The third-order valence-corrected chi connectivity index (χ3v) is 1.96. The largest absolute Gasteiger partial charge is 0.395 e. The summed E-state index contributed by atoms with van der Waals surface area (Å²) >= 11 is 0. The first-order valence-corrected chi connectivity index (χ1v) is 5.63. The van der Waals surface area contributed by atoms with Gasteiger partial charge >= 0.3 is 0 Å². The van der Waals surface area contributed by atoms with Gasteiger partial charge in [-0.3, -0.25) is 4.79 Å². The molecule has 0 aliphatic carbocycles. The number of rotatable bonds is 5. The highest BCUT2D eigenvalue weighted by molar-refractivity contribution is 5.97. The lowest BCUT2D eigenvalue weighted by atomic mass is 10.1. The van der Waals surface area contributed by atoms with E-state index in [1.165, 1.54) is 6.20 Å². The van der Waals surface area contributed by atoms with Crippen LogP contribution < -0.4 is 5.32 Å². The molecule has 0 aromatic heterocycles. The van der Waals surface area contributed by atoms with Crippen molar-refractivity contribution in [1.82, 2.24) is 10.2 Å². The summed E-state index contributed by atoms with van der Waals surface area (Å²) in [6, 6.07) is 1.87.